The van der Waals surface area contributed by atoms with Crippen molar-refractivity contribution in [2.45, 2.75) is 63.6 Å². The summed E-state index contributed by atoms with van der Waals surface area (Å²) in [5, 5.41) is 21.2. The lowest BCUT2D eigenvalue weighted by Gasteiger charge is -2.31. The summed E-state index contributed by atoms with van der Waals surface area (Å²) >= 11 is 12.3. The minimum absolute atomic E-state index is 0. The molecule has 0 unspecified atom stereocenters. The van der Waals surface area contributed by atoms with E-state index >= 15 is 0 Å². The summed E-state index contributed by atoms with van der Waals surface area (Å²) in [7, 11) is 0. The van der Waals surface area contributed by atoms with E-state index in [0.717, 1.165) is 72.8 Å². The summed E-state index contributed by atoms with van der Waals surface area (Å²) in [6, 6.07) is 9.39. The molecule has 1 amide bonds. The van der Waals surface area contributed by atoms with Crippen molar-refractivity contribution >= 4 is 76.3 Å². The van der Waals surface area contributed by atoms with Crippen molar-refractivity contribution in [1.29, 1.82) is 0 Å². The molecule has 210 valence electrons. The number of hydrogen-bond acceptors (Lipinski definition) is 6. The van der Waals surface area contributed by atoms with E-state index in [2.05, 4.69) is 20.9 Å². The van der Waals surface area contributed by atoms with E-state index in [0.29, 0.717) is 5.56 Å². The zero-order valence-corrected chi connectivity index (χ0v) is 24.6. The van der Waals surface area contributed by atoms with Gasteiger partial charge in [-0.05, 0) is 87.4 Å². The Bertz CT molecular complexity index is 1330. The highest BCUT2D eigenvalue weighted by molar-refractivity contribution is 6.37. The molecule has 1 aromatic heterocycles. The lowest BCUT2D eigenvalue weighted by atomic mass is 9.90. The number of benzene rings is 2. The zero-order valence-electron chi connectivity index (χ0n) is 21.4. The number of aromatic nitrogens is 1. The van der Waals surface area contributed by atoms with Crippen molar-refractivity contribution in [2.75, 3.05) is 11.9 Å². The van der Waals surface area contributed by atoms with E-state index < -0.39 is 0 Å². The number of Topliss-reactive ketones (excluding diaryl/α,β-unsaturated/α-hetero) is 1. The molecule has 0 radical (unpaired) electrons. The summed E-state index contributed by atoms with van der Waals surface area (Å²) in [6.45, 7) is 2.45. The Balaban J connectivity index is 0.00000210. The first kappa shape index (κ1) is 31.2. The number of amides is 1. The number of ketones is 1. The third kappa shape index (κ3) is 6.90. The molecule has 1 atom stereocenters. The number of aromatic hydroxyl groups is 1. The zero-order chi connectivity index (χ0) is 26.1. The van der Waals surface area contributed by atoms with Gasteiger partial charge >= 0.3 is 0 Å². The number of hydrogen-bond donors (Lipinski definition) is 4. The number of rotatable bonds is 6. The predicted molar refractivity (Wildman–Crippen MR) is 162 cm³/mol. The van der Waals surface area contributed by atoms with Gasteiger partial charge in [-0.2, -0.15) is 0 Å². The van der Waals surface area contributed by atoms with Crippen LogP contribution >= 0.6 is 48.0 Å². The summed E-state index contributed by atoms with van der Waals surface area (Å²) in [4.78, 5) is 29.6. The standard InChI is InChI=1S/C28H30Cl2N4O3.2ClH/c1-15(35)21-14-32-24-9-4-16(17-12-22(29)27(36)23(30)13-17)11-20(24)26(21)33-18-5-7-19(8-6-18)34-28(37)25-3-2-10-31-25;;/h4,9,11-14,18-19,25,31,36H,2-3,5-8,10H2,1H3,(H,32,33)(H,34,37);2*1H/t18?,19?,25-;;/m0../s1. The minimum Gasteiger partial charge on any atom is -0.505 e. The van der Waals surface area contributed by atoms with Gasteiger partial charge in [-0.15, -0.1) is 24.8 Å². The van der Waals surface area contributed by atoms with E-state index in [-0.39, 0.29) is 70.4 Å². The number of nitrogens with zero attached hydrogens (tertiary/aromatic N) is 1. The first-order valence-electron chi connectivity index (χ1n) is 12.7. The van der Waals surface area contributed by atoms with Crippen LogP contribution in [0, 0.1) is 0 Å². The molecule has 0 bridgehead atoms. The van der Waals surface area contributed by atoms with Crippen LogP contribution in [0.2, 0.25) is 10.0 Å². The fourth-order valence-corrected chi connectivity index (χ4v) is 5.81. The summed E-state index contributed by atoms with van der Waals surface area (Å²) in [6.07, 6.45) is 7.09. The maximum atomic E-state index is 12.5. The number of pyridine rings is 1. The summed E-state index contributed by atoms with van der Waals surface area (Å²) in [5.41, 5.74) is 3.65. The first-order chi connectivity index (χ1) is 17.8. The molecule has 2 heterocycles. The summed E-state index contributed by atoms with van der Waals surface area (Å²) in [5.74, 6) is -0.111. The molecule has 1 aliphatic heterocycles. The molecular weight excluding hydrogens is 582 g/mol. The SMILES string of the molecule is CC(=O)c1cnc2ccc(-c3cc(Cl)c(O)c(Cl)c3)cc2c1NC1CCC(NC(=O)[C@@H]2CCCN2)CC1.Cl.Cl. The van der Waals surface area contributed by atoms with Crippen LogP contribution in [0.1, 0.15) is 55.8 Å². The molecule has 3 aromatic rings. The van der Waals surface area contributed by atoms with Gasteiger partial charge in [0.1, 0.15) is 0 Å². The Labute approximate surface area is 250 Å². The number of anilines is 1. The molecule has 5 rings (SSSR count). The maximum Gasteiger partial charge on any atom is 0.237 e. The van der Waals surface area contributed by atoms with E-state index in [4.69, 9.17) is 23.2 Å². The Morgan fingerprint density at radius 2 is 1.64 bits per heavy atom. The minimum atomic E-state index is -0.151. The van der Waals surface area contributed by atoms with Crippen LogP contribution in [0.4, 0.5) is 5.69 Å². The Morgan fingerprint density at radius 3 is 2.26 bits per heavy atom. The van der Waals surface area contributed by atoms with Crippen LogP contribution in [-0.2, 0) is 4.79 Å². The van der Waals surface area contributed by atoms with Gasteiger partial charge in [0.15, 0.2) is 11.5 Å². The predicted octanol–water partition coefficient (Wildman–Crippen LogP) is 6.55. The quantitative estimate of drug-likeness (QED) is 0.235. The molecule has 0 spiro atoms. The second-order valence-corrected chi connectivity index (χ2v) is 10.8. The summed E-state index contributed by atoms with van der Waals surface area (Å²) < 4.78 is 0. The number of carbonyl (C=O) groups excluding carboxylic acids is 2. The Hall–Kier alpha value is -2.29. The van der Waals surface area contributed by atoms with Crippen molar-refractivity contribution in [3.05, 3.63) is 52.1 Å². The van der Waals surface area contributed by atoms with Crippen molar-refractivity contribution in [3.8, 4) is 16.9 Å². The largest absolute Gasteiger partial charge is 0.505 e. The van der Waals surface area contributed by atoms with Crippen LogP contribution in [0.5, 0.6) is 5.75 Å². The van der Waals surface area contributed by atoms with Crippen LogP contribution in [0.3, 0.4) is 0 Å². The van der Waals surface area contributed by atoms with Crippen LogP contribution < -0.4 is 16.0 Å². The van der Waals surface area contributed by atoms with E-state index in [1.807, 2.05) is 18.2 Å². The van der Waals surface area contributed by atoms with Crippen molar-refractivity contribution in [2.24, 2.45) is 0 Å². The molecule has 39 heavy (non-hydrogen) atoms. The van der Waals surface area contributed by atoms with Gasteiger partial charge in [-0.25, -0.2) is 0 Å². The third-order valence-electron chi connectivity index (χ3n) is 7.40. The number of carbonyl (C=O) groups is 2. The molecular formula is C28H32Cl4N4O3. The average molecular weight is 614 g/mol. The second kappa shape index (κ2) is 13.4. The fourth-order valence-electron chi connectivity index (χ4n) is 5.32. The monoisotopic (exact) mass is 612 g/mol. The lowest BCUT2D eigenvalue weighted by Crippen LogP contribution is -2.47. The highest BCUT2D eigenvalue weighted by atomic mass is 35.5. The molecule has 7 nitrogen and oxygen atoms in total. The highest BCUT2D eigenvalue weighted by Crippen LogP contribution is 2.38. The molecule has 1 saturated carbocycles. The van der Waals surface area contributed by atoms with Gasteiger partial charge in [-0.1, -0.05) is 29.3 Å². The topological polar surface area (TPSA) is 103 Å². The highest BCUT2D eigenvalue weighted by Gasteiger charge is 2.28. The normalized spacial score (nSPS) is 20.5. The maximum absolute atomic E-state index is 12.5. The molecule has 2 aliphatic rings. The van der Waals surface area contributed by atoms with Crippen molar-refractivity contribution < 1.29 is 14.7 Å². The number of fused-ring (bicyclic) bond motifs is 1. The van der Waals surface area contributed by atoms with E-state index in [1.54, 1.807) is 25.3 Å². The van der Waals surface area contributed by atoms with Crippen LogP contribution in [0.25, 0.3) is 22.0 Å². The lowest BCUT2D eigenvalue weighted by molar-refractivity contribution is -0.123. The number of phenolic OH excluding ortho intramolecular Hbond substituents is 1. The third-order valence-corrected chi connectivity index (χ3v) is 7.97. The van der Waals surface area contributed by atoms with Gasteiger partial charge in [0.25, 0.3) is 0 Å². The average Bonchev–Trinajstić information content (AvgIpc) is 3.43. The number of nitrogens with one attached hydrogen (secondary N) is 3. The van der Waals surface area contributed by atoms with Crippen LogP contribution in [-0.4, -0.2) is 46.5 Å². The fraction of sp³-hybridized carbons (Fsp3) is 0.393. The Morgan fingerprint density at radius 1 is 0.974 bits per heavy atom. The second-order valence-electron chi connectivity index (χ2n) is 9.97. The number of phenols is 1. The molecule has 11 heteroatoms. The van der Waals surface area contributed by atoms with Gasteiger partial charge in [0.05, 0.1) is 32.9 Å². The van der Waals surface area contributed by atoms with E-state index in [1.165, 1.54) is 0 Å². The molecule has 1 saturated heterocycles. The van der Waals surface area contributed by atoms with Gasteiger partial charge in [-0.3, -0.25) is 14.6 Å². The smallest absolute Gasteiger partial charge is 0.237 e. The number of halogens is 4. The Kier molecular flexibility index (Phi) is 10.7. The van der Waals surface area contributed by atoms with Crippen molar-refractivity contribution in [3.63, 3.8) is 0 Å². The molecule has 2 fully saturated rings. The first-order valence-corrected chi connectivity index (χ1v) is 13.5. The molecule has 2 aromatic carbocycles. The van der Waals surface area contributed by atoms with E-state index in [9.17, 15) is 14.7 Å². The molecule has 4 N–H and O–H groups in total. The molecule has 1 aliphatic carbocycles. The van der Waals surface area contributed by atoms with Crippen LogP contribution in [0.15, 0.2) is 36.5 Å². The van der Waals surface area contributed by atoms with Gasteiger partial charge in [0.2, 0.25) is 5.91 Å². The van der Waals surface area contributed by atoms with Crippen molar-refractivity contribution in [1.82, 2.24) is 15.6 Å². The van der Waals surface area contributed by atoms with Gasteiger partial charge < -0.3 is 21.1 Å². The van der Waals surface area contributed by atoms with Gasteiger partial charge in [0, 0.05) is 23.7 Å².